The smallest absolute Gasteiger partial charge is 0.325 e. The summed E-state index contributed by atoms with van der Waals surface area (Å²) in [6, 6.07) is 32.8. The number of carbonyl (C=O) groups is 1. The van der Waals surface area contributed by atoms with Crippen LogP contribution in [0, 0.1) is 0 Å². The number of benzene rings is 3. The second kappa shape index (κ2) is 8.13. The maximum Gasteiger partial charge on any atom is 0.325 e. The lowest BCUT2D eigenvalue weighted by Gasteiger charge is -2.43. The summed E-state index contributed by atoms with van der Waals surface area (Å²) < 4.78 is 0. The van der Waals surface area contributed by atoms with E-state index < -0.39 is 20.1 Å². The maximum atomic E-state index is 12.1. The van der Waals surface area contributed by atoms with Crippen LogP contribution in [0.1, 0.15) is 11.6 Å². The third-order valence-corrected chi connectivity index (χ3v) is 11.1. The Morgan fingerprint density at radius 3 is 1.61 bits per heavy atom. The molecule has 3 aromatic rings. The highest BCUT2D eigenvalue weighted by Crippen LogP contribution is 2.29. The molecular weight excluding hydrogens is 362 g/mol. The predicted octanol–water partition coefficient (Wildman–Crippen LogP) is 3.39. The van der Waals surface area contributed by atoms with Crippen molar-refractivity contribution in [3.8, 4) is 0 Å². The Kier molecular flexibility index (Phi) is 5.42. The number of aliphatic carboxylic acids is 1. The van der Waals surface area contributed by atoms with E-state index in [0.717, 1.165) is 30.7 Å². The van der Waals surface area contributed by atoms with Crippen molar-refractivity contribution in [1.29, 1.82) is 0 Å². The SMILES string of the molecule is O=C(O)C(c1ccccc1)N1CC[Si](c2ccccc2)(c2ccccc2)CC1. The summed E-state index contributed by atoms with van der Waals surface area (Å²) in [5.74, 6) is -0.764. The van der Waals surface area contributed by atoms with Gasteiger partial charge in [-0.2, -0.15) is 0 Å². The molecule has 4 heteroatoms. The lowest BCUT2D eigenvalue weighted by atomic mass is 10.1. The monoisotopic (exact) mass is 387 g/mol. The highest BCUT2D eigenvalue weighted by atomic mass is 28.3. The van der Waals surface area contributed by atoms with Crippen LogP contribution in [0.3, 0.4) is 0 Å². The van der Waals surface area contributed by atoms with Crippen LogP contribution in [0.15, 0.2) is 91.0 Å². The first-order valence-electron chi connectivity index (χ1n) is 9.83. The Labute approximate surface area is 167 Å². The Bertz CT molecular complexity index is 866. The second-order valence-corrected chi connectivity index (χ2v) is 11.8. The van der Waals surface area contributed by atoms with E-state index in [1.807, 2.05) is 30.3 Å². The number of carboxylic acid groups (broad SMARTS) is 1. The number of nitrogens with zero attached hydrogens (tertiary/aromatic N) is 1. The zero-order valence-corrected chi connectivity index (χ0v) is 16.9. The van der Waals surface area contributed by atoms with Gasteiger partial charge >= 0.3 is 5.97 Å². The average molecular weight is 388 g/mol. The molecule has 1 N–H and O–H groups in total. The van der Waals surface area contributed by atoms with Gasteiger partial charge in [0, 0.05) is 0 Å². The molecule has 0 aliphatic carbocycles. The molecule has 0 radical (unpaired) electrons. The van der Waals surface area contributed by atoms with Gasteiger partial charge in [0.1, 0.15) is 14.1 Å². The third-order valence-electron chi connectivity index (χ3n) is 6.02. The van der Waals surface area contributed by atoms with Gasteiger partial charge < -0.3 is 5.11 Å². The largest absolute Gasteiger partial charge is 0.480 e. The van der Waals surface area contributed by atoms with E-state index in [9.17, 15) is 9.90 Å². The van der Waals surface area contributed by atoms with Gasteiger partial charge in [-0.25, -0.2) is 0 Å². The van der Waals surface area contributed by atoms with Crippen LogP contribution in [0.2, 0.25) is 12.1 Å². The van der Waals surface area contributed by atoms with Gasteiger partial charge in [0.15, 0.2) is 0 Å². The van der Waals surface area contributed by atoms with Gasteiger partial charge in [0.05, 0.1) is 0 Å². The molecule has 0 amide bonds. The summed E-state index contributed by atoms with van der Waals surface area (Å²) in [6.45, 7) is 1.61. The molecule has 3 nitrogen and oxygen atoms in total. The third kappa shape index (κ3) is 3.53. The van der Waals surface area contributed by atoms with Gasteiger partial charge in [-0.05, 0) is 30.7 Å². The van der Waals surface area contributed by atoms with Crippen molar-refractivity contribution in [2.45, 2.75) is 18.1 Å². The first kappa shape index (κ1) is 18.7. The molecule has 1 heterocycles. The van der Waals surface area contributed by atoms with E-state index in [-0.39, 0.29) is 0 Å². The van der Waals surface area contributed by atoms with Crippen molar-refractivity contribution in [2.24, 2.45) is 0 Å². The zero-order valence-electron chi connectivity index (χ0n) is 15.9. The number of hydrogen-bond acceptors (Lipinski definition) is 2. The summed E-state index contributed by atoms with van der Waals surface area (Å²) in [5, 5.41) is 12.8. The fourth-order valence-corrected chi connectivity index (χ4v) is 9.30. The molecule has 1 fully saturated rings. The molecule has 4 rings (SSSR count). The van der Waals surface area contributed by atoms with Crippen LogP contribution < -0.4 is 10.4 Å². The summed E-state index contributed by atoms with van der Waals surface area (Å²) >= 11 is 0. The molecule has 0 spiro atoms. The molecule has 142 valence electrons. The fourth-order valence-electron chi connectivity index (χ4n) is 4.57. The molecule has 1 unspecified atom stereocenters. The van der Waals surface area contributed by atoms with Gasteiger partial charge in [0.25, 0.3) is 0 Å². The van der Waals surface area contributed by atoms with Gasteiger partial charge in [0.2, 0.25) is 0 Å². The number of carboxylic acids is 1. The summed E-state index contributed by atoms with van der Waals surface area (Å²) in [7, 11) is -1.89. The second-order valence-electron chi connectivity index (χ2n) is 7.50. The molecule has 3 aromatic carbocycles. The molecular formula is C24H25NO2Si. The Balaban J connectivity index is 1.65. The molecule has 1 atom stereocenters. The first-order chi connectivity index (χ1) is 13.7. The molecule has 1 saturated heterocycles. The molecule has 0 saturated carbocycles. The van der Waals surface area contributed by atoms with Crippen LogP contribution in [0.5, 0.6) is 0 Å². The van der Waals surface area contributed by atoms with Crippen molar-refractivity contribution in [2.75, 3.05) is 13.1 Å². The minimum atomic E-state index is -1.89. The molecule has 0 bridgehead atoms. The van der Waals surface area contributed by atoms with Crippen molar-refractivity contribution >= 4 is 24.4 Å². The van der Waals surface area contributed by atoms with E-state index in [4.69, 9.17) is 0 Å². The number of hydrogen-bond donors (Lipinski definition) is 1. The topological polar surface area (TPSA) is 40.5 Å². The maximum absolute atomic E-state index is 12.1. The van der Waals surface area contributed by atoms with E-state index in [1.165, 1.54) is 10.4 Å². The summed E-state index contributed by atoms with van der Waals surface area (Å²) in [6.07, 6.45) is 0. The summed E-state index contributed by atoms with van der Waals surface area (Å²) in [4.78, 5) is 14.2. The van der Waals surface area contributed by atoms with E-state index >= 15 is 0 Å². The summed E-state index contributed by atoms with van der Waals surface area (Å²) in [5.41, 5.74) is 0.864. The minimum Gasteiger partial charge on any atom is -0.480 e. The Morgan fingerprint density at radius 2 is 1.18 bits per heavy atom. The van der Waals surface area contributed by atoms with Gasteiger partial charge in [-0.15, -0.1) is 0 Å². The van der Waals surface area contributed by atoms with Crippen LogP contribution in [-0.2, 0) is 4.79 Å². The van der Waals surface area contributed by atoms with Gasteiger partial charge in [-0.1, -0.05) is 101 Å². The Morgan fingerprint density at radius 1 is 0.750 bits per heavy atom. The van der Waals surface area contributed by atoms with Crippen molar-refractivity contribution in [3.63, 3.8) is 0 Å². The van der Waals surface area contributed by atoms with Crippen LogP contribution in [0.25, 0.3) is 0 Å². The highest BCUT2D eigenvalue weighted by molar-refractivity contribution is 7.02. The molecule has 28 heavy (non-hydrogen) atoms. The standard InChI is InChI=1S/C24H25NO2Si/c26-24(27)23(20-10-4-1-5-11-20)25-16-18-28(19-17-25,21-12-6-2-7-13-21)22-14-8-3-9-15-22/h1-15,23H,16-19H2,(H,26,27). The minimum absolute atomic E-state index is 0.570. The first-order valence-corrected chi connectivity index (χ1v) is 12.2. The Hall–Kier alpha value is -2.69. The van der Waals surface area contributed by atoms with Crippen molar-refractivity contribution in [3.05, 3.63) is 96.6 Å². The quantitative estimate of drug-likeness (QED) is 0.682. The lowest BCUT2D eigenvalue weighted by molar-refractivity contribution is -0.143. The van der Waals surface area contributed by atoms with Crippen LogP contribution >= 0.6 is 0 Å². The number of rotatable bonds is 5. The normalized spacial score (nSPS) is 17.7. The van der Waals surface area contributed by atoms with Gasteiger partial charge in [-0.3, -0.25) is 9.69 Å². The lowest BCUT2D eigenvalue weighted by Crippen LogP contribution is -2.63. The average Bonchev–Trinajstić information content (AvgIpc) is 2.76. The highest BCUT2D eigenvalue weighted by Gasteiger charge is 2.42. The van der Waals surface area contributed by atoms with Crippen LogP contribution in [0.4, 0.5) is 0 Å². The molecule has 0 aromatic heterocycles. The zero-order chi connectivity index (χ0) is 19.4. The van der Waals surface area contributed by atoms with E-state index in [0.29, 0.717) is 0 Å². The van der Waals surface area contributed by atoms with Crippen LogP contribution in [-0.4, -0.2) is 37.1 Å². The van der Waals surface area contributed by atoms with E-state index in [2.05, 4.69) is 65.6 Å². The predicted molar refractivity (Wildman–Crippen MR) is 116 cm³/mol. The molecule has 1 aliphatic rings. The van der Waals surface area contributed by atoms with E-state index in [1.54, 1.807) is 0 Å². The van der Waals surface area contributed by atoms with Crippen molar-refractivity contribution < 1.29 is 9.90 Å². The van der Waals surface area contributed by atoms with Crippen molar-refractivity contribution in [1.82, 2.24) is 4.90 Å². The fraction of sp³-hybridized carbons (Fsp3) is 0.208. The molecule has 1 aliphatic heterocycles.